The van der Waals surface area contributed by atoms with Crippen LogP contribution in [-0.2, 0) is 5.41 Å². The minimum Gasteiger partial charge on any atom is -0.493 e. The molecule has 0 aliphatic rings. The molecule has 0 aliphatic carbocycles. The lowest BCUT2D eigenvalue weighted by molar-refractivity contribution is 0.174. The van der Waals surface area contributed by atoms with E-state index in [1.165, 1.54) is 12.0 Å². The molecular weight excluding hydrogens is 246 g/mol. The van der Waals surface area contributed by atoms with Gasteiger partial charge in [0.05, 0.1) is 6.61 Å². The molecular formula is C18H31NO. The van der Waals surface area contributed by atoms with Gasteiger partial charge < -0.3 is 10.1 Å². The quantitative estimate of drug-likeness (QED) is 0.746. The number of hydrogen-bond donors (Lipinski definition) is 1. The SMILES string of the molecule is CCCNCC(C)(C)COc1ccccc1C(C)(C)C. The fourth-order valence-corrected chi connectivity index (χ4v) is 2.14. The molecule has 0 heterocycles. The van der Waals surface area contributed by atoms with Crippen molar-refractivity contribution < 1.29 is 4.74 Å². The fourth-order valence-electron chi connectivity index (χ4n) is 2.14. The zero-order valence-corrected chi connectivity index (χ0v) is 14.0. The van der Waals surface area contributed by atoms with Gasteiger partial charge in [-0.1, -0.05) is 59.7 Å². The molecule has 2 nitrogen and oxygen atoms in total. The molecule has 0 atom stereocenters. The van der Waals surface area contributed by atoms with Gasteiger partial charge in [-0.15, -0.1) is 0 Å². The summed E-state index contributed by atoms with van der Waals surface area (Å²) < 4.78 is 6.12. The van der Waals surface area contributed by atoms with Crippen molar-refractivity contribution in [1.82, 2.24) is 5.32 Å². The summed E-state index contributed by atoms with van der Waals surface area (Å²) in [4.78, 5) is 0. The maximum atomic E-state index is 6.12. The average Bonchev–Trinajstić information content (AvgIpc) is 2.36. The number of nitrogens with one attached hydrogen (secondary N) is 1. The van der Waals surface area contributed by atoms with Crippen LogP contribution in [0.5, 0.6) is 5.75 Å². The van der Waals surface area contributed by atoms with E-state index in [1.807, 2.05) is 6.07 Å². The van der Waals surface area contributed by atoms with Gasteiger partial charge in [-0.3, -0.25) is 0 Å². The van der Waals surface area contributed by atoms with Crippen molar-refractivity contribution in [3.8, 4) is 5.75 Å². The van der Waals surface area contributed by atoms with E-state index >= 15 is 0 Å². The van der Waals surface area contributed by atoms with Crippen LogP contribution in [0.2, 0.25) is 0 Å². The highest BCUT2D eigenvalue weighted by Gasteiger charge is 2.22. The van der Waals surface area contributed by atoms with Crippen molar-refractivity contribution >= 4 is 0 Å². The van der Waals surface area contributed by atoms with E-state index in [9.17, 15) is 0 Å². The first-order chi connectivity index (χ1) is 9.26. The Morgan fingerprint density at radius 2 is 1.70 bits per heavy atom. The minimum absolute atomic E-state index is 0.112. The van der Waals surface area contributed by atoms with Crippen LogP contribution in [0, 0.1) is 5.41 Å². The summed E-state index contributed by atoms with van der Waals surface area (Å²) in [7, 11) is 0. The molecule has 0 unspecified atom stereocenters. The van der Waals surface area contributed by atoms with Crippen LogP contribution in [0.25, 0.3) is 0 Å². The number of ether oxygens (including phenoxy) is 1. The van der Waals surface area contributed by atoms with Gasteiger partial charge in [0.15, 0.2) is 0 Å². The second kappa shape index (κ2) is 7.12. The van der Waals surface area contributed by atoms with Gasteiger partial charge in [-0.2, -0.15) is 0 Å². The Kier molecular flexibility index (Phi) is 6.07. The molecule has 1 rings (SSSR count). The van der Waals surface area contributed by atoms with Crippen molar-refractivity contribution in [2.24, 2.45) is 5.41 Å². The van der Waals surface area contributed by atoms with Crippen molar-refractivity contribution in [1.29, 1.82) is 0 Å². The van der Waals surface area contributed by atoms with Crippen LogP contribution in [0.3, 0.4) is 0 Å². The zero-order chi connectivity index (χ0) is 15.2. The average molecular weight is 277 g/mol. The molecule has 1 N–H and O–H groups in total. The molecule has 0 aromatic heterocycles. The normalized spacial score (nSPS) is 12.5. The largest absolute Gasteiger partial charge is 0.493 e. The molecule has 1 aromatic rings. The van der Waals surface area contributed by atoms with E-state index in [2.05, 4.69) is 65.1 Å². The van der Waals surface area contributed by atoms with Gasteiger partial charge in [0, 0.05) is 12.0 Å². The fraction of sp³-hybridized carbons (Fsp3) is 0.667. The summed E-state index contributed by atoms with van der Waals surface area (Å²) in [6.07, 6.45) is 1.17. The second-order valence-corrected chi connectivity index (χ2v) is 7.38. The third-order valence-electron chi connectivity index (χ3n) is 3.34. The van der Waals surface area contributed by atoms with Gasteiger partial charge in [0.2, 0.25) is 0 Å². The summed E-state index contributed by atoms with van der Waals surface area (Å²) in [5.41, 5.74) is 1.53. The highest BCUT2D eigenvalue weighted by atomic mass is 16.5. The molecule has 2 heteroatoms. The third-order valence-corrected chi connectivity index (χ3v) is 3.34. The monoisotopic (exact) mass is 277 g/mol. The first-order valence-corrected chi connectivity index (χ1v) is 7.69. The van der Waals surface area contributed by atoms with Crippen LogP contribution in [0.4, 0.5) is 0 Å². The van der Waals surface area contributed by atoms with Gasteiger partial charge in [-0.25, -0.2) is 0 Å². The lowest BCUT2D eigenvalue weighted by atomic mass is 9.86. The molecule has 1 aromatic carbocycles. The topological polar surface area (TPSA) is 21.3 Å². The second-order valence-electron chi connectivity index (χ2n) is 7.38. The third kappa shape index (κ3) is 5.54. The number of rotatable bonds is 7. The van der Waals surface area contributed by atoms with Crippen molar-refractivity contribution in [3.63, 3.8) is 0 Å². The summed E-state index contributed by atoms with van der Waals surface area (Å²) in [6.45, 7) is 16.1. The predicted octanol–water partition coefficient (Wildman–Crippen LogP) is 4.39. The minimum atomic E-state index is 0.112. The van der Waals surface area contributed by atoms with Crippen molar-refractivity contribution in [3.05, 3.63) is 29.8 Å². The Morgan fingerprint density at radius 1 is 1.05 bits per heavy atom. The zero-order valence-electron chi connectivity index (χ0n) is 14.0. The van der Waals surface area contributed by atoms with E-state index in [1.54, 1.807) is 0 Å². The van der Waals surface area contributed by atoms with E-state index in [-0.39, 0.29) is 10.8 Å². The van der Waals surface area contributed by atoms with Crippen molar-refractivity contribution in [2.45, 2.75) is 53.4 Å². The first-order valence-electron chi connectivity index (χ1n) is 7.69. The predicted molar refractivity (Wildman–Crippen MR) is 87.6 cm³/mol. The van der Waals surface area contributed by atoms with Gasteiger partial charge >= 0.3 is 0 Å². The Balaban J connectivity index is 2.66. The standard InChI is InChI=1S/C18H31NO/c1-7-12-19-13-18(5,6)14-20-16-11-9-8-10-15(16)17(2,3)4/h8-11,19H,7,12-14H2,1-6H3. The summed E-state index contributed by atoms with van der Waals surface area (Å²) >= 11 is 0. The highest BCUT2D eigenvalue weighted by molar-refractivity contribution is 5.38. The highest BCUT2D eigenvalue weighted by Crippen LogP contribution is 2.31. The summed E-state index contributed by atoms with van der Waals surface area (Å²) in [5, 5.41) is 3.48. The molecule has 0 saturated heterocycles. The van der Waals surface area contributed by atoms with E-state index < -0.39 is 0 Å². The summed E-state index contributed by atoms with van der Waals surface area (Å²) in [6, 6.07) is 8.38. The Labute approximate surface area is 124 Å². The maximum absolute atomic E-state index is 6.12. The first kappa shape index (κ1) is 17.0. The Hall–Kier alpha value is -1.02. The number of benzene rings is 1. The van der Waals surface area contributed by atoms with Crippen LogP contribution in [0.15, 0.2) is 24.3 Å². The van der Waals surface area contributed by atoms with Crippen LogP contribution in [-0.4, -0.2) is 19.7 Å². The lowest BCUT2D eigenvalue weighted by Crippen LogP contribution is -2.34. The van der Waals surface area contributed by atoms with Crippen LogP contribution >= 0.6 is 0 Å². The molecule has 114 valence electrons. The molecule has 20 heavy (non-hydrogen) atoms. The molecule has 0 saturated carbocycles. The van der Waals surface area contributed by atoms with E-state index in [0.29, 0.717) is 0 Å². The Morgan fingerprint density at radius 3 is 2.30 bits per heavy atom. The van der Waals surface area contributed by atoms with E-state index in [0.717, 1.165) is 25.4 Å². The van der Waals surface area contributed by atoms with Crippen LogP contribution < -0.4 is 10.1 Å². The van der Waals surface area contributed by atoms with Gasteiger partial charge in [0.1, 0.15) is 5.75 Å². The lowest BCUT2D eigenvalue weighted by Gasteiger charge is -2.28. The molecule has 0 radical (unpaired) electrons. The van der Waals surface area contributed by atoms with Gasteiger partial charge in [-0.05, 0) is 30.0 Å². The van der Waals surface area contributed by atoms with Crippen molar-refractivity contribution in [2.75, 3.05) is 19.7 Å². The Bertz CT molecular complexity index is 404. The summed E-state index contributed by atoms with van der Waals surface area (Å²) in [5.74, 6) is 1.02. The molecule has 0 aliphatic heterocycles. The maximum Gasteiger partial charge on any atom is 0.123 e. The molecule has 0 fully saturated rings. The number of hydrogen-bond acceptors (Lipinski definition) is 2. The number of para-hydroxylation sites is 1. The van der Waals surface area contributed by atoms with E-state index in [4.69, 9.17) is 4.74 Å². The molecule has 0 amide bonds. The smallest absolute Gasteiger partial charge is 0.123 e. The molecule has 0 bridgehead atoms. The molecule has 0 spiro atoms. The van der Waals surface area contributed by atoms with Crippen LogP contribution in [0.1, 0.15) is 53.5 Å². The van der Waals surface area contributed by atoms with Gasteiger partial charge in [0.25, 0.3) is 0 Å².